The van der Waals surface area contributed by atoms with Crippen LogP contribution in [0.4, 0.5) is 5.69 Å². The fourth-order valence-corrected chi connectivity index (χ4v) is 4.84. The summed E-state index contributed by atoms with van der Waals surface area (Å²) in [5, 5.41) is 2.70. The Bertz CT molecular complexity index is 761. The summed E-state index contributed by atoms with van der Waals surface area (Å²) in [7, 11) is 2.85. The van der Waals surface area contributed by atoms with Gasteiger partial charge in [0.05, 0.1) is 6.61 Å². The van der Waals surface area contributed by atoms with Crippen LogP contribution in [0.5, 0.6) is 5.75 Å². The highest BCUT2D eigenvalue weighted by Gasteiger charge is 2.31. The van der Waals surface area contributed by atoms with Crippen molar-refractivity contribution in [2.45, 2.75) is 38.5 Å². The predicted octanol–water partition coefficient (Wildman–Crippen LogP) is 5.05. The molecule has 2 aliphatic rings. The first-order chi connectivity index (χ1) is 11.2. The zero-order valence-corrected chi connectivity index (χ0v) is 15.5. The number of halogens is 1. The van der Waals surface area contributed by atoms with E-state index in [4.69, 9.17) is 16.3 Å². The molecule has 1 aliphatic carbocycles. The van der Waals surface area contributed by atoms with Gasteiger partial charge in [-0.2, -0.15) is 0 Å². The van der Waals surface area contributed by atoms with Crippen molar-refractivity contribution in [3.63, 3.8) is 0 Å². The number of benzene rings is 2. The lowest BCUT2D eigenvalue weighted by Crippen LogP contribution is -2.09. The number of hydrogen-bond donors (Lipinski definition) is 0. The summed E-state index contributed by atoms with van der Waals surface area (Å²) in [5.41, 5.74) is 5.77. The molecule has 23 heavy (non-hydrogen) atoms. The molecular weight excluding hydrogens is 325 g/mol. The number of aryl methyl sites for hydroxylation is 2. The van der Waals surface area contributed by atoms with Crippen LogP contribution in [0.1, 0.15) is 42.4 Å². The zero-order valence-electron chi connectivity index (χ0n) is 13.6. The highest BCUT2D eigenvalue weighted by Crippen LogP contribution is 2.49. The monoisotopic (exact) mass is 347 g/mol. The van der Waals surface area contributed by atoms with E-state index in [9.17, 15) is 0 Å². The minimum Gasteiger partial charge on any atom is -0.493 e. The summed E-state index contributed by atoms with van der Waals surface area (Å²) in [5.74, 6) is 2.10. The Kier molecular flexibility index (Phi) is 4.15. The van der Waals surface area contributed by atoms with Crippen LogP contribution in [0.25, 0.3) is 10.8 Å². The van der Waals surface area contributed by atoms with Crippen LogP contribution in [0, 0.1) is 0 Å². The average Bonchev–Trinajstić information content (AvgIpc) is 3.16. The van der Waals surface area contributed by atoms with Crippen LogP contribution in [0.15, 0.2) is 18.2 Å². The molecule has 2 aromatic rings. The molecule has 4 heteroatoms. The molecule has 0 bridgehead atoms. The Morgan fingerprint density at radius 2 is 2.22 bits per heavy atom. The van der Waals surface area contributed by atoms with Crippen LogP contribution in [-0.2, 0) is 12.8 Å². The molecule has 0 amide bonds. The first-order valence-corrected chi connectivity index (χ1v) is 9.62. The number of rotatable bonds is 4. The fourth-order valence-electron chi connectivity index (χ4n) is 4.12. The Balaban J connectivity index is 2.02. The third-order valence-electron chi connectivity index (χ3n) is 5.14. The Hall–Kier alpha value is -0.980. The molecule has 1 unspecified atom stereocenters. The third-order valence-corrected chi connectivity index (χ3v) is 6.01. The van der Waals surface area contributed by atoms with Crippen LogP contribution in [-0.4, -0.2) is 19.0 Å². The molecule has 1 heterocycles. The van der Waals surface area contributed by atoms with Crippen LogP contribution in [0.2, 0.25) is 0 Å². The molecule has 1 aliphatic heterocycles. The number of fused-ring (bicyclic) bond motifs is 5. The normalized spacial score (nSPS) is 19.3. The van der Waals surface area contributed by atoms with Crippen molar-refractivity contribution < 1.29 is 4.74 Å². The molecule has 0 fully saturated rings. The van der Waals surface area contributed by atoms with Gasteiger partial charge >= 0.3 is 0 Å². The second kappa shape index (κ2) is 6.15. The molecule has 2 nitrogen and oxygen atoms in total. The van der Waals surface area contributed by atoms with Gasteiger partial charge in [0, 0.05) is 35.5 Å². The van der Waals surface area contributed by atoms with Gasteiger partial charge in [-0.3, -0.25) is 0 Å². The van der Waals surface area contributed by atoms with Gasteiger partial charge in [-0.1, -0.05) is 19.1 Å². The highest BCUT2D eigenvalue weighted by atomic mass is 35.5. The van der Waals surface area contributed by atoms with Crippen molar-refractivity contribution in [2.24, 2.45) is 0 Å². The number of alkyl halides is 1. The lowest BCUT2D eigenvalue weighted by molar-refractivity contribution is 0.321. The number of anilines is 1. The van der Waals surface area contributed by atoms with Gasteiger partial charge in [0.25, 0.3) is 0 Å². The van der Waals surface area contributed by atoms with E-state index in [0.717, 1.165) is 25.3 Å². The van der Waals surface area contributed by atoms with E-state index in [0.29, 0.717) is 11.8 Å². The minimum atomic E-state index is 0.402. The van der Waals surface area contributed by atoms with E-state index in [2.05, 4.69) is 39.2 Å². The molecule has 4 rings (SSSR count). The summed E-state index contributed by atoms with van der Waals surface area (Å²) in [6.07, 6.45) is 4.68. The van der Waals surface area contributed by atoms with Gasteiger partial charge in [-0.15, -0.1) is 11.6 Å². The fraction of sp³-hybridized carbons (Fsp3) is 0.474. The van der Waals surface area contributed by atoms with Crippen molar-refractivity contribution >= 4 is 37.5 Å². The molecule has 2 aromatic carbocycles. The Morgan fingerprint density at radius 3 is 3.00 bits per heavy atom. The zero-order chi connectivity index (χ0) is 16.0. The second-order valence-corrected chi connectivity index (χ2v) is 7.57. The van der Waals surface area contributed by atoms with Crippen molar-refractivity contribution in [1.82, 2.24) is 0 Å². The minimum absolute atomic E-state index is 0.402. The van der Waals surface area contributed by atoms with Gasteiger partial charge in [-0.05, 0) is 57.2 Å². The van der Waals surface area contributed by atoms with Gasteiger partial charge < -0.3 is 9.41 Å². The maximum atomic E-state index is 6.31. The summed E-state index contributed by atoms with van der Waals surface area (Å²) < 4.78 is 8.36. The summed E-state index contributed by atoms with van der Waals surface area (Å²) in [4.78, 5) is 0. The van der Waals surface area contributed by atoms with Crippen LogP contribution >= 0.6 is 21.0 Å². The number of ether oxygens (including phenoxy) is 1. The largest absolute Gasteiger partial charge is 0.493 e. The van der Waals surface area contributed by atoms with E-state index in [1.54, 1.807) is 0 Å². The predicted molar refractivity (Wildman–Crippen MR) is 102 cm³/mol. The number of hydrogen-bond acceptors (Lipinski definition) is 2. The maximum absolute atomic E-state index is 6.31. The number of nitrogens with zero attached hydrogens (tertiary/aromatic N) is 1. The average molecular weight is 348 g/mol. The lowest BCUT2D eigenvalue weighted by atomic mass is 9.90. The first-order valence-electron chi connectivity index (χ1n) is 8.57. The van der Waals surface area contributed by atoms with Gasteiger partial charge in [0.15, 0.2) is 0 Å². The molecule has 0 spiro atoms. The highest BCUT2D eigenvalue weighted by molar-refractivity contribution is 7.19. The molecule has 0 radical (unpaired) electrons. The summed E-state index contributed by atoms with van der Waals surface area (Å²) in [6, 6.07) is 6.79. The molecule has 0 saturated carbocycles. The lowest BCUT2D eigenvalue weighted by Gasteiger charge is -2.18. The van der Waals surface area contributed by atoms with Gasteiger partial charge in [-0.25, -0.2) is 0 Å². The third kappa shape index (κ3) is 2.42. The molecule has 122 valence electrons. The molecule has 2 atom stereocenters. The quantitative estimate of drug-likeness (QED) is 0.567. The van der Waals surface area contributed by atoms with E-state index < -0.39 is 0 Å². The molecule has 0 saturated heterocycles. The van der Waals surface area contributed by atoms with Gasteiger partial charge in [0.2, 0.25) is 0 Å². The Labute approximate surface area is 145 Å². The second-order valence-electron chi connectivity index (χ2n) is 6.64. The molecular formula is C19H23ClNOP. The van der Waals surface area contributed by atoms with E-state index in [1.807, 2.05) is 0 Å². The van der Waals surface area contributed by atoms with Gasteiger partial charge in [0.1, 0.15) is 5.75 Å². The summed E-state index contributed by atoms with van der Waals surface area (Å²) >= 11 is 6.31. The van der Waals surface area contributed by atoms with Crippen molar-refractivity contribution in [3.05, 3.63) is 34.9 Å². The van der Waals surface area contributed by atoms with Crippen molar-refractivity contribution in [2.75, 3.05) is 23.7 Å². The maximum Gasteiger partial charge on any atom is 0.129 e. The smallest absolute Gasteiger partial charge is 0.129 e. The van der Waals surface area contributed by atoms with Crippen molar-refractivity contribution in [3.8, 4) is 5.75 Å². The molecule has 0 N–H and O–H groups in total. The molecule has 0 aromatic heterocycles. The van der Waals surface area contributed by atoms with E-state index >= 15 is 0 Å². The standard InChI is InChI=1S/C19H23ClNOP/c1-2-8-22-17-9-16-18(13(10-20)11-21(16)23)19-14-5-3-4-12(14)6-7-15(17)19/h6-7,9,13H,2-5,8,10-11,23H2,1H3/t13-/m1/s1. The van der Waals surface area contributed by atoms with Crippen LogP contribution in [0.3, 0.4) is 0 Å². The van der Waals surface area contributed by atoms with E-state index in [1.165, 1.54) is 52.4 Å². The Morgan fingerprint density at radius 1 is 1.35 bits per heavy atom. The van der Waals surface area contributed by atoms with E-state index in [-0.39, 0.29) is 0 Å². The topological polar surface area (TPSA) is 12.5 Å². The van der Waals surface area contributed by atoms with Crippen molar-refractivity contribution in [1.29, 1.82) is 0 Å². The SMILES string of the molecule is CCCOc1cc2c(c3c4c(ccc13)CCC4)[C@H](CCl)CN2P. The first kappa shape index (κ1) is 15.5. The summed E-state index contributed by atoms with van der Waals surface area (Å²) in [6.45, 7) is 3.89. The van der Waals surface area contributed by atoms with Crippen LogP contribution < -0.4 is 9.41 Å².